The van der Waals surface area contributed by atoms with E-state index in [0.717, 1.165) is 31.3 Å². The Balaban J connectivity index is 1.81. The van der Waals surface area contributed by atoms with Crippen LogP contribution in [-0.4, -0.2) is 24.0 Å². The number of rotatable bonds is 6. The summed E-state index contributed by atoms with van der Waals surface area (Å²) in [5.41, 5.74) is 0.636. The molecule has 1 heterocycles. The molecule has 2 unspecified atom stereocenters. The first kappa shape index (κ1) is 15.8. The van der Waals surface area contributed by atoms with E-state index in [1.54, 1.807) is 12.3 Å². The second-order valence-electron chi connectivity index (χ2n) is 6.11. The van der Waals surface area contributed by atoms with E-state index in [2.05, 4.69) is 22.5 Å². The van der Waals surface area contributed by atoms with Gasteiger partial charge in [0.05, 0.1) is 5.56 Å². The van der Waals surface area contributed by atoms with E-state index in [9.17, 15) is 4.79 Å². The summed E-state index contributed by atoms with van der Waals surface area (Å²) in [5, 5.41) is 6.17. The molecule has 0 bridgehead atoms. The van der Waals surface area contributed by atoms with Gasteiger partial charge in [-0.25, -0.2) is 4.98 Å². The lowest BCUT2D eigenvalue weighted by molar-refractivity contribution is 0.0950. The number of nitrogens with one attached hydrogen (secondary N) is 2. The van der Waals surface area contributed by atoms with Crippen molar-refractivity contribution in [3.63, 3.8) is 0 Å². The van der Waals surface area contributed by atoms with Crippen LogP contribution in [0.4, 0.5) is 5.82 Å². The van der Waals surface area contributed by atoms with E-state index in [4.69, 9.17) is 0 Å². The van der Waals surface area contributed by atoms with Gasteiger partial charge in [0.25, 0.3) is 5.91 Å². The maximum atomic E-state index is 12.3. The van der Waals surface area contributed by atoms with Crippen molar-refractivity contribution in [2.75, 3.05) is 18.4 Å². The largest absolute Gasteiger partial charge is 0.370 e. The van der Waals surface area contributed by atoms with Gasteiger partial charge in [-0.15, -0.1) is 0 Å². The van der Waals surface area contributed by atoms with E-state index < -0.39 is 0 Å². The Kier molecular flexibility index (Phi) is 6.03. The molecule has 0 spiro atoms. The number of pyridine rings is 1. The van der Waals surface area contributed by atoms with E-state index >= 15 is 0 Å². The number of hydrogen-bond acceptors (Lipinski definition) is 3. The molecular weight excluding hydrogens is 262 g/mol. The zero-order valence-electron chi connectivity index (χ0n) is 13.2. The van der Waals surface area contributed by atoms with Crippen molar-refractivity contribution >= 4 is 11.7 Å². The maximum absolute atomic E-state index is 12.3. The van der Waals surface area contributed by atoms with Gasteiger partial charge >= 0.3 is 0 Å². The number of amides is 1. The van der Waals surface area contributed by atoms with Crippen LogP contribution in [0.2, 0.25) is 0 Å². The third kappa shape index (κ3) is 4.73. The molecule has 1 saturated carbocycles. The highest BCUT2D eigenvalue weighted by Gasteiger charge is 2.19. The molecule has 1 aliphatic carbocycles. The summed E-state index contributed by atoms with van der Waals surface area (Å²) in [6.07, 6.45) is 8.13. The fourth-order valence-electron chi connectivity index (χ4n) is 3.20. The minimum absolute atomic E-state index is 0.0251. The quantitative estimate of drug-likeness (QED) is 0.843. The second kappa shape index (κ2) is 8.01. The van der Waals surface area contributed by atoms with Crippen molar-refractivity contribution in [3.05, 3.63) is 23.9 Å². The second-order valence-corrected chi connectivity index (χ2v) is 6.11. The molecule has 0 radical (unpaired) electrons. The van der Waals surface area contributed by atoms with Crippen LogP contribution in [0.5, 0.6) is 0 Å². The summed E-state index contributed by atoms with van der Waals surface area (Å²) >= 11 is 0. The molecule has 0 saturated heterocycles. The molecule has 21 heavy (non-hydrogen) atoms. The van der Waals surface area contributed by atoms with Gasteiger partial charge in [0.15, 0.2) is 0 Å². The molecule has 4 nitrogen and oxygen atoms in total. The molecule has 2 N–H and O–H groups in total. The van der Waals surface area contributed by atoms with Gasteiger partial charge in [0.2, 0.25) is 0 Å². The Morgan fingerprint density at radius 2 is 2.29 bits per heavy atom. The molecule has 1 amide bonds. The standard InChI is InChI=1S/C17H27N3O/c1-3-18-16-15(8-5-10-19-16)17(21)20-11-9-14-7-4-6-13(2)12-14/h5,8,10,13-14H,3-4,6-7,9,11-12H2,1-2H3,(H,18,19)(H,20,21). The summed E-state index contributed by atoms with van der Waals surface area (Å²) in [5.74, 6) is 2.26. The number of carbonyl (C=O) groups excluding carboxylic acids is 1. The Hall–Kier alpha value is -1.58. The average molecular weight is 289 g/mol. The molecule has 4 heteroatoms. The Bertz CT molecular complexity index is 461. The van der Waals surface area contributed by atoms with Crippen molar-refractivity contribution in [1.82, 2.24) is 10.3 Å². The van der Waals surface area contributed by atoms with Crippen LogP contribution in [0, 0.1) is 11.8 Å². The molecule has 2 atom stereocenters. The van der Waals surface area contributed by atoms with Crippen LogP contribution >= 0.6 is 0 Å². The molecule has 1 aromatic rings. The Labute approximate surface area is 127 Å². The van der Waals surface area contributed by atoms with Gasteiger partial charge in [0.1, 0.15) is 5.82 Å². The van der Waals surface area contributed by atoms with E-state index in [1.165, 1.54) is 25.7 Å². The zero-order valence-corrected chi connectivity index (χ0v) is 13.2. The summed E-state index contributed by atoms with van der Waals surface area (Å²) in [7, 11) is 0. The van der Waals surface area contributed by atoms with Crippen molar-refractivity contribution < 1.29 is 4.79 Å². The first-order valence-electron chi connectivity index (χ1n) is 8.17. The number of carbonyl (C=O) groups is 1. The molecule has 1 aromatic heterocycles. The highest BCUT2D eigenvalue weighted by atomic mass is 16.1. The molecule has 0 aromatic carbocycles. The van der Waals surface area contributed by atoms with Crippen LogP contribution in [0.3, 0.4) is 0 Å². The monoisotopic (exact) mass is 289 g/mol. The van der Waals surface area contributed by atoms with E-state index in [0.29, 0.717) is 11.4 Å². The first-order valence-corrected chi connectivity index (χ1v) is 8.17. The van der Waals surface area contributed by atoms with Crippen molar-refractivity contribution in [3.8, 4) is 0 Å². The van der Waals surface area contributed by atoms with Gasteiger partial charge < -0.3 is 10.6 Å². The van der Waals surface area contributed by atoms with Crippen LogP contribution < -0.4 is 10.6 Å². The summed E-state index contributed by atoms with van der Waals surface area (Å²) in [4.78, 5) is 16.5. The molecule has 0 aliphatic heterocycles. The lowest BCUT2D eigenvalue weighted by atomic mass is 9.81. The predicted octanol–water partition coefficient (Wildman–Crippen LogP) is 3.46. The highest BCUT2D eigenvalue weighted by molar-refractivity contribution is 5.98. The molecular formula is C17H27N3O. The van der Waals surface area contributed by atoms with Crippen LogP contribution in [0.25, 0.3) is 0 Å². The fourth-order valence-corrected chi connectivity index (χ4v) is 3.20. The van der Waals surface area contributed by atoms with Crippen LogP contribution in [0.1, 0.15) is 56.3 Å². The third-order valence-corrected chi connectivity index (χ3v) is 4.28. The molecule has 116 valence electrons. The number of nitrogens with zero attached hydrogens (tertiary/aromatic N) is 1. The molecule has 2 rings (SSSR count). The summed E-state index contributed by atoms with van der Waals surface area (Å²) in [6, 6.07) is 3.63. The molecule has 1 aliphatic rings. The average Bonchev–Trinajstić information content (AvgIpc) is 2.48. The van der Waals surface area contributed by atoms with E-state index in [-0.39, 0.29) is 5.91 Å². The predicted molar refractivity (Wildman–Crippen MR) is 86.5 cm³/mol. The normalized spacial score (nSPS) is 21.8. The lowest BCUT2D eigenvalue weighted by Crippen LogP contribution is -2.28. The highest BCUT2D eigenvalue weighted by Crippen LogP contribution is 2.30. The molecule has 1 fully saturated rings. The number of aromatic nitrogens is 1. The van der Waals surface area contributed by atoms with E-state index in [1.807, 2.05) is 13.0 Å². The maximum Gasteiger partial charge on any atom is 0.255 e. The third-order valence-electron chi connectivity index (χ3n) is 4.28. The zero-order chi connectivity index (χ0) is 15.1. The van der Waals surface area contributed by atoms with Gasteiger partial charge in [-0.1, -0.05) is 26.2 Å². The van der Waals surface area contributed by atoms with Gasteiger partial charge in [-0.05, 0) is 43.7 Å². The summed E-state index contributed by atoms with van der Waals surface area (Å²) < 4.78 is 0. The van der Waals surface area contributed by atoms with Gasteiger partial charge in [-0.2, -0.15) is 0 Å². The lowest BCUT2D eigenvalue weighted by Gasteiger charge is -2.26. The van der Waals surface area contributed by atoms with Crippen molar-refractivity contribution in [1.29, 1.82) is 0 Å². The van der Waals surface area contributed by atoms with Crippen LogP contribution in [0.15, 0.2) is 18.3 Å². The smallest absolute Gasteiger partial charge is 0.255 e. The number of hydrogen-bond donors (Lipinski definition) is 2. The Morgan fingerprint density at radius 1 is 1.43 bits per heavy atom. The minimum atomic E-state index is -0.0251. The summed E-state index contributed by atoms with van der Waals surface area (Å²) in [6.45, 7) is 5.86. The van der Waals surface area contributed by atoms with Gasteiger partial charge in [-0.3, -0.25) is 4.79 Å². The minimum Gasteiger partial charge on any atom is -0.370 e. The van der Waals surface area contributed by atoms with Crippen molar-refractivity contribution in [2.45, 2.75) is 46.0 Å². The topological polar surface area (TPSA) is 54.0 Å². The fraction of sp³-hybridized carbons (Fsp3) is 0.647. The number of anilines is 1. The SMILES string of the molecule is CCNc1ncccc1C(=O)NCCC1CCCC(C)C1. The Morgan fingerprint density at radius 3 is 3.05 bits per heavy atom. The van der Waals surface area contributed by atoms with Crippen LogP contribution in [-0.2, 0) is 0 Å². The first-order chi connectivity index (χ1) is 10.2. The van der Waals surface area contributed by atoms with Gasteiger partial charge in [0, 0.05) is 19.3 Å². The van der Waals surface area contributed by atoms with Crippen molar-refractivity contribution in [2.24, 2.45) is 11.8 Å².